The van der Waals surface area contributed by atoms with Gasteiger partial charge in [-0.1, -0.05) is 0 Å². The standard InChI is InChI=1S/C10H17N5O/c1-15-6-8(11)10(14-15)12-5-4-9(16)13-7-2-3-7/h6-7H,2-5,11H2,1H3,(H,12,14)(H,13,16). The van der Waals surface area contributed by atoms with E-state index in [1.54, 1.807) is 17.9 Å². The van der Waals surface area contributed by atoms with Crippen LogP contribution in [0, 0.1) is 0 Å². The number of aromatic nitrogens is 2. The fourth-order valence-corrected chi connectivity index (χ4v) is 1.47. The van der Waals surface area contributed by atoms with Crippen LogP contribution >= 0.6 is 0 Å². The van der Waals surface area contributed by atoms with Crippen molar-refractivity contribution in [1.29, 1.82) is 0 Å². The van der Waals surface area contributed by atoms with E-state index in [2.05, 4.69) is 15.7 Å². The summed E-state index contributed by atoms with van der Waals surface area (Å²) in [5, 5.41) is 10.1. The Balaban J connectivity index is 1.70. The lowest BCUT2D eigenvalue weighted by atomic mass is 10.4. The number of hydrogen-bond acceptors (Lipinski definition) is 4. The molecular weight excluding hydrogens is 206 g/mol. The topological polar surface area (TPSA) is 85.0 Å². The fourth-order valence-electron chi connectivity index (χ4n) is 1.47. The predicted octanol–water partition coefficient (Wildman–Crippen LogP) is 0.0829. The molecular formula is C10H17N5O. The maximum Gasteiger partial charge on any atom is 0.221 e. The first kappa shape index (κ1) is 10.8. The van der Waals surface area contributed by atoms with Crippen LogP contribution < -0.4 is 16.4 Å². The van der Waals surface area contributed by atoms with Gasteiger partial charge < -0.3 is 16.4 Å². The zero-order valence-corrected chi connectivity index (χ0v) is 9.36. The molecule has 1 saturated carbocycles. The Morgan fingerprint density at radius 2 is 2.44 bits per heavy atom. The number of nitrogen functional groups attached to an aromatic ring is 1. The average molecular weight is 223 g/mol. The first-order chi connectivity index (χ1) is 7.65. The van der Waals surface area contributed by atoms with Gasteiger partial charge in [-0.3, -0.25) is 9.48 Å². The van der Waals surface area contributed by atoms with Crippen molar-refractivity contribution in [3.8, 4) is 0 Å². The average Bonchev–Trinajstić information content (AvgIpc) is 2.94. The van der Waals surface area contributed by atoms with E-state index in [4.69, 9.17) is 5.73 Å². The quantitative estimate of drug-likeness (QED) is 0.660. The highest BCUT2D eigenvalue weighted by Gasteiger charge is 2.22. The van der Waals surface area contributed by atoms with Gasteiger partial charge in [-0.2, -0.15) is 5.10 Å². The van der Waals surface area contributed by atoms with Crippen LogP contribution in [0.3, 0.4) is 0 Å². The van der Waals surface area contributed by atoms with E-state index in [1.165, 1.54) is 0 Å². The van der Waals surface area contributed by atoms with Gasteiger partial charge in [0, 0.05) is 32.3 Å². The second kappa shape index (κ2) is 4.42. The van der Waals surface area contributed by atoms with E-state index < -0.39 is 0 Å². The van der Waals surface area contributed by atoms with Gasteiger partial charge in [-0.25, -0.2) is 0 Å². The van der Waals surface area contributed by atoms with E-state index in [1.807, 2.05) is 0 Å². The largest absolute Gasteiger partial charge is 0.394 e. The molecule has 4 N–H and O–H groups in total. The molecule has 0 aromatic carbocycles. The highest BCUT2D eigenvalue weighted by molar-refractivity contribution is 5.77. The highest BCUT2D eigenvalue weighted by Crippen LogP contribution is 2.18. The SMILES string of the molecule is Cn1cc(N)c(NCCC(=O)NC2CC2)n1. The molecule has 0 bridgehead atoms. The van der Waals surface area contributed by atoms with E-state index in [0.29, 0.717) is 30.5 Å². The van der Waals surface area contributed by atoms with Gasteiger partial charge in [0.05, 0.1) is 5.69 Å². The maximum atomic E-state index is 11.4. The highest BCUT2D eigenvalue weighted by atomic mass is 16.1. The zero-order valence-electron chi connectivity index (χ0n) is 9.36. The Morgan fingerprint density at radius 1 is 1.69 bits per heavy atom. The minimum Gasteiger partial charge on any atom is -0.394 e. The molecule has 0 unspecified atom stereocenters. The van der Waals surface area contributed by atoms with Crippen LogP contribution in [-0.4, -0.2) is 28.3 Å². The van der Waals surface area contributed by atoms with E-state index in [-0.39, 0.29) is 5.91 Å². The van der Waals surface area contributed by atoms with Crippen molar-refractivity contribution in [2.45, 2.75) is 25.3 Å². The van der Waals surface area contributed by atoms with Crippen molar-refractivity contribution in [3.05, 3.63) is 6.20 Å². The van der Waals surface area contributed by atoms with Crippen molar-refractivity contribution < 1.29 is 4.79 Å². The Labute approximate surface area is 94.2 Å². The van der Waals surface area contributed by atoms with Gasteiger partial charge in [0.1, 0.15) is 0 Å². The van der Waals surface area contributed by atoms with Crippen molar-refractivity contribution in [2.75, 3.05) is 17.6 Å². The summed E-state index contributed by atoms with van der Waals surface area (Å²) in [7, 11) is 1.81. The molecule has 1 amide bonds. The second-order valence-electron chi connectivity index (χ2n) is 4.13. The first-order valence-electron chi connectivity index (χ1n) is 5.47. The third-order valence-corrected chi connectivity index (χ3v) is 2.44. The summed E-state index contributed by atoms with van der Waals surface area (Å²) in [5.41, 5.74) is 6.30. The van der Waals surface area contributed by atoms with Crippen molar-refractivity contribution in [1.82, 2.24) is 15.1 Å². The van der Waals surface area contributed by atoms with Crippen LogP contribution in [0.1, 0.15) is 19.3 Å². The summed E-state index contributed by atoms with van der Waals surface area (Å²) in [6, 6.07) is 0.424. The number of aryl methyl sites for hydroxylation is 1. The van der Waals surface area contributed by atoms with Gasteiger partial charge in [-0.15, -0.1) is 0 Å². The molecule has 1 fully saturated rings. The lowest BCUT2D eigenvalue weighted by Crippen LogP contribution is -2.27. The molecule has 2 rings (SSSR count). The minimum atomic E-state index is 0.0875. The summed E-state index contributed by atoms with van der Waals surface area (Å²) in [4.78, 5) is 11.4. The number of nitrogens with one attached hydrogen (secondary N) is 2. The molecule has 0 radical (unpaired) electrons. The van der Waals surface area contributed by atoms with Gasteiger partial charge in [0.15, 0.2) is 5.82 Å². The molecule has 6 heteroatoms. The molecule has 1 aliphatic rings. The van der Waals surface area contributed by atoms with Gasteiger partial charge in [-0.05, 0) is 12.8 Å². The van der Waals surface area contributed by atoms with Crippen LogP contribution in [0.4, 0.5) is 11.5 Å². The van der Waals surface area contributed by atoms with Crippen molar-refractivity contribution in [3.63, 3.8) is 0 Å². The van der Waals surface area contributed by atoms with Gasteiger partial charge >= 0.3 is 0 Å². The number of amides is 1. The van der Waals surface area contributed by atoms with Crippen molar-refractivity contribution >= 4 is 17.4 Å². The van der Waals surface area contributed by atoms with E-state index in [9.17, 15) is 4.79 Å². The van der Waals surface area contributed by atoms with Gasteiger partial charge in [0.25, 0.3) is 0 Å². The summed E-state index contributed by atoms with van der Waals surface area (Å²) in [6.07, 6.45) is 4.41. The Hall–Kier alpha value is -1.72. The number of nitrogens with zero attached hydrogens (tertiary/aromatic N) is 2. The lowest BCUT2D eigenvalue weighted by molar-refractivity contribution is -0.120. The predicted molar refractivity (Wildman–Crippen MR) is 61.9 cm³/mol. The minimum absolute atomic E-state index is 0.0875. The molecule has 0 aliphatic heterocycles. The van der Waals surface area contributed by atoms with Crippen LogP contribution in [0.2, 0.25) is 0 Å². The molecule has 16 heavy (non-hydrogen) atoms. The molecule has 1 aromatic heterocycles. The molecule has 1 aromatic rings. The summed E-state index contributed by atoms with van der Waals surface area (Å²) in [6.45, 7) is 0.555. The molecule has 0 atom stereocenters. The Kier molecular flexibility index (Phi) is 2.98. The first-order valence-corrected chi connectivity index (χ1v) is 5.47. The van der Waals surface area contributed by atoms with Crippen LogP contribution in [-0.2, 0) is 11.8 Å². The molecule has 6 nitrogen and oxygen atoms in total. The number of rotatable bonds is 5. The summed E-state index contributed by atoms with van der Waals surface area (Å²) < 4.78 is 1.64. The number of anilines is 2. The summed E-state index contributed by atoms with van der Waals surface area (Å²) in [5.74, 6) is 0.728. The number of carbonyl (C=O) groups is 1. The number of nitrogens with two attached hydrogens (primary N) is 1. The summed E-state index contributed by atoms with van der Waals surface area (Å²) >= 11 is 0. The third kappa shape index (κ3) is 2.88. The molecule has 0 spiro atoms. The smallest absolute Gasteiger partial charge is 0.221 e. The van der Waals surface area contributed by atoms with Crippen molar-refractivity contribution in [2.24, 2.45) is 7.05 Å². The number of hydrogen-bond donors (Lipinski definition) is 3. The fraction of sp³-hybridized carbons (Fsp3) is 0.600. The number of carbonyl (C=O) groups excluding carboxylic acids is 1. The molecule has 1 aliphatic carbocycles. The lowest BCUT2D eigenvalue weighted by Gasteiger charge is -2.04. The van der Waals surface area contributed by atoms with E-state index in [0.717, 1.165) is 12.8 Å². The monoisotopic (exact) mass is 223 g/mol. The molecule has 88 valence electrons. The van der Waals surface area contributed by atoms with Crippen LogP contribution in [0.5, 0.6) is 0 Å². The Bertz CT molecular complexity index is 383. The normalized spacial score (nSPS) is 14.8. The maximum absolute atomic E-state index is 11.4. The molecule has 0 saturated heterocycles. The van der Waals surface area contributed by atoms with Gasteiger partial charge in [0.2, 0.25) is 5.91 Å². The van der Waals surface area contributed by atoms with Crippen LogP contribution in [0.25, 0.3) is 0 Å². The van der Waals surface area contributed by atoms with Crippen LogP contribution in [0.15, 0.2) is 6.20 Å². The zero-order chi connectivity index (χ0) is 11.5. The third-order valence-electron chi connectivity index (χ3n) is 2.44. The molecule has 1 heterocycles. The Morgan fingerprint density at radius 3 is 3.00 bits per heavy atom. The second-order valence-corrected chi connectivity index (χ2v) is 4.13. The van der Waals surface area contributed by atoms with E-state index >= 15 is 0 Å².